The number of rotatable bonds is 3. The van der Waals surface area contributed by atoms with Crippen molar-refractivity contribution in [1.29, 1.82) is 0 Å². The number of alkyl halides is 3. The first-order chi connectivity index (χ1) is 5.91. The van der Waals surface area contributed by atoms with Gasteiger partial charge in [-0.15, -0.1) is 0 Å². The number of halogens is 4. The highest BCUT2D eigenvalue weighted by atomic mass is 127. The lowest BCUT2D eigenvalue weighted by atomic mass is 10.2. The molecule has 1 rings (SSSR count). The second kappa shape index (κ2) is 5.53. The van der Waals surface area contributed by atoms with Crippen molar-refractivity contribution >= 4 is 0 Å². The molecule has 0 unspecified atom stereocenters. The first-order valence-electron chi connectivity index (χ1n) is 4.82. The van der Waals surface area contributed by atoms with Gasteiger partial charge in [-0.25, -0.2) is 0 Å². The molecule has 1 heterocycles. The molecule has 1 fully saturated rings. The average Bonchev–Trinajstić information content (AvgIpc) is 2.33. The molecule has 0 bridgehead atoms. The van der Waals surface area contributed by atoms with Crippen LogP contribution in [0.25, 0.3) is 0 Å². The van der Waals surface area contributed by atoms with Crippen molar-refractivity contribution in [3.8, 4) is 0 Å². The lowest BCUT2D eigenvalue weighted by Gasteiger charge is -2.29. The number of hydrogen-bond acceptors (Lipinski definition) is 0. The molecule has 0 aromatic carbocycles. The van der Waals surface area contributed by atoms with E-state index in [9.17, 15) is 13.2 Å². The summed E-state index contributed by atoms with van der Waals surface area (Å²) in [7, 11) is 2.06. The number of likely N-dealkylation sites (tertiary alicyclic amines) is 1. The highest BCUT2D eigenvalue weighted by Gasteiger charge is 2.31. The van der Waals surface area contributed by atoms with Gasteiger partial charge < -0.3 is 28.5 Å². The van der Waals surface area contributed by atoms with E-state index in [4.69, 9.17) is 0 Å². The summed E-state index contributed by atoms with van der Waals surface area (Å²) in [6, 6.07) is 0. The van der Waals surface area contributed by atoms with Gasteiger partial charge in [-0.05, 0) is 0 Å². The molecule has 1 nitrogen and oxygen atoms in total. The van der Waals surface area contributed by atoms with Crippen molar-refractivity contribution < 1.29 is 41.6 Å². The van der Waals surface area contributed by atoms with Crippen LogP contribution in [-0.2, 0) is 0 Å². The maximum absolute atomic E-state index is 11.8. The minimum atomic E-state index is -3.97. The van der Waals surface area contributed by atoms with Gasteiger partial charge in [0.2, 0.25) is 0 Å². The minimum absolute atomic E-state index is 0. The molecule has 0 amide bonds. The summed E-state index contributed by atoms with van der Waals surface area (Å²) in [4.78, 5) is 0. The monoisotopic (exact) mass is 323 g/mol. The Bertz CT molecular complexity index is 164. The molecular formula is C9H17F3IN. The van der Waals surface area contributed by atoms with E-state index in [1.165, 1.54) is 12.8 Å². The Morgan fingerprint density at radius 3 is 2.07 bits per heavy atom. The predicted molar refractivity (Wildman–Crippen MR) is 45.3 cm³/mol. The van der Waals surface area contributed by atoms with Crippen LogP contribution >= 0.6 is 0 Å². The molecule has 0 aliphatic carbocycles. The molecule has 0 spiro atoms. The van der Waals surface area contributed by atoms with E-state index in [0.717, 1.165) is 17.6 Å². The van der Waals surface area contributed by atoms with E-state index in [0.29, 0.717) is 6.54 Å². The van der Waals surface area contributed by atoms with Crippen LogP contribution in [-0.4, -0.2) is 37.3 Å². The molecular weight excluding hydrogens is 306 g/mol. The van der Waals surface area contributed by atoms with Crippen molar-refractivity contribution in [2.24, 2.45) is 0 Å². The summed E-state index contributed by atoms with van der Waals surface area (Å²) in [5, 5.41) is 0. The lowest BCUT2D eigenvalue weighted by molar-refractivity contribution is -0.898. The van der Waals surface area contributed by atoms with Gasteiger partial charge in [0, 0.05) is 25.7 Å². The second-order valence-electron chi connectivity index (χ2n) is 4.22. The smallest absolute Gasteiger partial charge is 0.389 e. The molecule has 0 radical (unpaired) electrons. The largest absolute Gasteiger partial charge is 1.00 e. The molecule has 0 saturated carbocycles. The Kier molecular flexibility index (Phi) is 5.72. The number of nitrogens with zero attached hydrogens (tertiary/aromatic N) is 1. The van der Waals surface area contributed by atoms with Gasteiger partial charge in [0.15, 0.2) is 0 Å². The van der Waals surface area contributed by atoms with Crippen molar-refractivity contribution in [2.45, 2.75) is 31.9 Å². The standard InChI is InChI=1S/C9H17F3N.HI/c1-13(6-2-3-7-13)8-4-5-9(10,11)12;/h2-8H2,1H3;1H/q+1;/p-1. The van der Waals surface area contributed by atoms with Crippen LogP contribution < -0.4 is 24.0 Å². The molecule has 0 aromatic heterocycles. The molecule has 0 aromatic rings. The van der Waals surface area contributed by atoms with Gasteiger partial charge in [0.1, 0.15) is 0 Å². The summed E-state index contributed by atoms with van der Waals surface area (Å²) < 4.78 is 36.4. The molecule has 14 heavy (non-hydrogen) atoms. The Labute approximate surface area is 100 Å². The van der Waals surface area contributed by atoms with E-state index in [1.54, 1.807) is 0 Å². The van der Waals surface area contributed by atoms with Crippen LogP contribution in [0.15, 0.2) is 0 Å². The molecule has 1 saturated heterocycles. The zero-order valence-corrected chi connectivity index (χ0v) is 10.6. The third kappa shape index (κ3) is 5.38. The summed E-state index contributed by atoms with van der Waals surface area (Å²) >= 11 is 0. The summed E-state index contributed by atoms with van der Waals surface area (Å²) in [6.07, 6.45) is -1.98. The molecule has 0 N–H and O–H groups in total. The summed E-state index contributed by atoms with van der Waals surface area (Å²) in [5.41, 5.74) is 0. The fourth-order valence-electron chi connectivity index (χ4n) is 1.98. The van der Waals surface area contributed by atoms with Crippen LogP contribution in [0.4, 0.5) is 13.2 Å². The van der Waals surface area contributed by atoms with Gasteiger partial charge in [0.05, 0.1) is 26.7 Å². The highest BCUT2D eigenvalue weighted by molar-refractivity contribution is 4.55. The van der Waals surface area contributed by atoms with Crippen LogP contribution in [0.5, 0.6) is 0 Å². The fourth-order valence-corrected chi connectivity index (χ4v) is 1.98. The zero-order valence-electron chi connectivity index (χ0n) is 8.41. The van der Waals surface area contributed by atoms with Gasteiger partial charge >= 0.3 is 6.18 Å². The first kappa shape index (κ1) is 14.5. The number of hydrogen-bond donors (Lipinski definition) is 0. The third-order valence-electron chi connectivity index (χ3n) is 2.80. The van der Waals surface area contributed by atoms with Crippen molar-refractivity contribution in [3.63, 3.8) is 0 Å². The second-order valence-corrected chi connectivity index (χ2v) is 4.22. The topological polar surface area (TPSA) is 0 Å². The Morgan fingerprint density at radius 1 is 1.14 bits per heavy atom. The van der Waals surface area contributed by atoms with Crippen molar-refractivity contribution in [3.05, 3.63) is 0 Å². The zero-order chi connectivity index (χ0) is 9.95. The quantitative estimate of drug-likeness (QED) is 0.489. The molecule has 86 valence electrons. The maximum atomic E-state index is 11.8. The van der Waals surface area contributed by atoms with Crippen LogP contribution in [0, 0.1) is 0 Å². The molecule has 1 aliphatic heterocycles. The Balaban J connectivity index is 0.00000169. The first-order valence-corrected chi connectivity index (χ1v) is 4.82. The summed E-state index contributed by atoms with van der Waals surface area (Å²) in [6.45, 7) is 2.79. The van der Waals surface area contributed by atoms with Crippen molar-refractivity contribution in [1.82, 2.24) is 0 Å². The van der Waals surface area contributed by atoms with Gasteiger partial charge in [-0.3, -0.25) is 0 Å². The van der Waals surface area contributed by atoms with Gasteiger partial charge in [0.25, 0.3) is 0 Å². The summed E-state index contributed by atoms with van der Waals surface area (Å²) in [5.74, 6) is 0. The normalized spacial score (nSPS) is 20.6. The van der Waals surface area contributed by atoms with Crippen LogP contribution in [0.3, 0.4) is 0 Å². The Hall–Kier alpha value is 0.480. The van der Waals surface area contributed by atoms with Gasteiger partial charge in [-0.2, -0.15) is 13.2 Å². The maximum Gasteiger partial charge on any atom is 0.389 e. The van der Waals surface area contributed by atoms with Crippen LogP contribution in [0.1, 0.15) is 25.7 Å². The third-order valence-corrected chi connectivity index (χ3v) is 2.80. The molecule has 0 atom stereocenters. The minimum Gasteiger partial charge on any atom is -1.00 e. The van der Waals surface area contributed by atoms with Crippen LogP contribution in [0.2, 0.25) is 0 Å². The van der Waals surface area contributed by atoms with Gasteiger partial charge in [-0.1, -0.05) is 0 Å². The van der Waals surface area contributed by atoms with Crippen molar-refractivity contribution in [2.75, 3.05) is 26.7 Å². The fraction of sp³-hybridized carbons (Fsp3) is 1.00. The SMILES string of the molecule is C[N+]1(CCCC(F)(F)F)CCCC1.[I-]. The van der Waals surface area contributed by atoms with E-state index in [1.807, 2.05) is 0 Å². The van der Waals surface area contributed by atoms with E-state index < -0.39 is 12.6 Å². The highest BCUT2D eigenvalue weighted by Crippen LogP contribution is 2.24. The predicted octanol–water partition coefficient (Wildman–Crippen LogP) is -0.427. The lowest BCUT2D eigenvalue weighted by Crippen LogP contribution is -3.00. The average molecular weight is 323 g/mol. The van der Waals surface area contributed by atoms with E-state index >= 15 is 0 Å². The van der Waals surface area contributed by atoms with E-state index in [-0.39, 0.29) is 30.4 Å². The number of quaternary nitrogens is 1. The molecule has 5 heteroatoms. The van der Waals surface area contributed by atoms with E-state index in [2.05, 4.69) is 7.05 Å². The Morgan fingerprint density at radius 2 is 1.64 bits per heavy atom. The molecule has 1 aliphatic rings.